The quantitative estimate of drug-likeness (QED) is 0.663. The number of benzene rings is 2. The van der Waals surface area contributed by atoms with Gasteiger partial charge in [-0.2, -0.15) is 0 Å². The number of nitrogens with one attached hydrogen (secondary N) is 1. The van der Waals surface area contributed by atoms with Crippen LogP contribution in [0.2, 0.25) is 5.02 Å². The molecule has 28 heavy (non-hydrogen) atoms. The monoisotopic (exact) mass is 421 g/mol. The topological polar surface area (TPSA) is 81.1 Å². The summed E-state index contributed by atoms with van der Waals surface area (Å²) in [5, 5.41) is 0.361. The fourth-order valence-corrected chi connectivity index (χ4v) is 4.15. The molecule has 0 aliphatic rings. The number of rotatable bonds is 6. The van der Waals surface area contributed by atoms with Crippen molar-refractivity contribution in [3.63, 3.8) is 0 Å². The molecule has 3 aromatic rings. The van der Waals surface area contributed by atoms with E-state index in [0.717, 1.165) is 0 Å². The molecule has 0 bridgehead atoms. The zero-order chi connectivity index (χ0) is 20.3. The van der Waals surface area contributed by atoms with Gasteiger partial charge >= 0.3 is 0 Å². The van der Waals surface area contributed by atoms with Crippen molar-refractivity contribution in [1.82, 2.24) is 14.3 Å². The molecular formula is C19H17ClFN3O3S. The highest BCUT2D eigenvalue weighted by atomic mass is 35.5. The van der Waals surface area contributed by atoms with Gasteiger partial charge in [0.15, 0.2) is 0 Å². The van der Waals surface area contributed by atoms with Crippen LogP contribution < -0.4 is 10.3 Å². The number of nitrogens with zero attached hydrogens (tertiary/aromatic N) is 2. The number of halogens is 2. The minimum Gasteiger partial charge on any atom is -0.298 e. The van der Waals surface area contributed by atoms with Crippen LogP contribution >= 0.6 is 11.6 Å². The summed E-state index contributed by atoms with van der Waals surface area (Å²) < 4.78 is 41.6. The molecule has 2 aromatic carbocycles. The first-order chi connectivity index (χ1) is 13.3. The molecule has 1 N–H and O–H groups in total. The van der Waals surface area contributed by atoms with E-state index in [1.807, 2.05) is 0 Å². The molecule has 146 valence electrons. The van der Waals surface area contributed by atoms with Crippen LogP contribution in [0, 0.1) is 12.7 Å². The third kappa shape index (κ3) is 4.46. The minimum atomic E-state index is -3.76. The fourth-order valence-electron chi connectivity index (χ4n) is 2.63. The molecule has 0 saturated heterocycles. The molecule has 1 aromatic heterocycles. The largest absolute Gasteiger partial charge is 0.298 e. The molecule has 0 amide bonds. The summed E-state index contributed by atoms with van der Waals surface area (Å²) in [7, 11) is -3.76. The summed E-state index contributed by atoms with van der Waals surface area (Å²) in [5.74, 6) is -0.376. The first-order valence-corrected chi connectivity index (χ1v) is 10.2. The van der Waals surface area contributed by atoms with Gasteiger partial charge in [0.05, 0.1) is 16.9 Å². The van der Waals surface area contributed by atoms with Gasteiger partial charge in [0.1, 0.15) is 5.82 Å². The van der Waals surface area contributed by atoms with Gasteiger partial charge in [-0.3, -0.25) is 9.36 Å². The summed E-state index contributed by atoms with van der Waals surface area (Å²) >= 11 is 5.98. The van der Waals surface area contributed by atoms with Gasteiger partial charge in [0, 0.05) is 29.7 Å². The van der Waals surface area contributed by atoms with E-state index in [0.29, 0.717) is 21.8 Å². The number of sulfonamides is 1. The lowest BCUT2D eigenvalue weighted by atomic mass is 10.1. The lowest BCUT2D eigenvalue weighted by Gasteiger charge is -2.11. The van der Waals surface area contributed by atoms with Crippen molar-refractivity contribution in [3.05, 3.63) is 81.6 Å². The number of hydrogen-bond donors (Lipinski definition) is 1. The van der Waals surface area contributed by atoms with E-state index >= 15 is 0 Å². The molecule has 9 heteroatoms. The lowest BCUT2D eigenvalue weighted by molar-refractivity contribution is 0.568. The Balaban J connectivity index is 1.70. The first-order valence-electron chi connectivity index (χ1n) is 8.35. The SMILES string of the molecule is Cc1c(Cl)cccc1S(=O)(=O)NCCn1cnc(-c2ccc(F)cc2)cc1=O. The van der Waals surface area contributed by atoms with Crippen LogP contribution in [0.4, 0.5) is 4.39 Å². The maximum Gasteiger partial charge on any atom is 0.253 e. The van der Waals surface area contributed by atoms with Crippen LogP contribution in [-0.2, 0) is 16.6 Å². The van der Waals surface area contributed by atoms with Gasteiger partial charge in [0.2, 0.25) is 10.0 Å². The summed E-state index contributed by atoms with van der Waals surface area (Å²) in [6, 6.07) is 11.6. The van der Waals surface area contributed by atoms with E-state index in [-0.39, 0.29) is 29.4 Å². The Bertz CT molecular complexity index is 1160. The highest BCUT2D eigenvalue weighted by Crippen LogP contribution is 2.22. The Labute approximate surface area is 166 Å². The summed E-state index contributed by atoms with van der Waals surface area (Å²) in [6.07, 6.45) is 1.33. The summed E-state index contributed by atoms with van der Waals surface area (Å²) in [5.41, 5.74) is 1.14. The summed E-state index contributed by atoms with van der Waals surface area (Å²) in [4.78, 5) is 16.5. The van der Waals surface area contributed by atoms with Gasteiger partial charge in [-0.15, -0.1) is 0 Å². The second-order valence-corrected chi connectivity index (χ2v) is 8.22. The van der Waals surface area contributed by atoms with Crippen LogP contribution in [0.1, 0.15) is 5.56 Å². The van der Waals surface area contributed by atoms with E-state index in [4.69, 9.17) is 11.6 Å². The smallest absolute Gasteiger partial charge is 0.253 e. The second kappa shape index (κ2) is 8.22. The first kappa shape index (κ1) is 20.2. The molecule has 0 aliphatic carbocycles. The number of hydrogen-bond acceptors (Lipinski definition) is 4. The van der Waals surface area contributed by atoms with E-state index < -0.39 is 10.0 Å². The molecule has 0 fully saturated rings. The standard InChI is InChI=1S/C19H17ClFN3O3S/c1-13-16(20)3-2-4-18(13)28(26,27)23-9-10-24-12-22-17(11-19(24)25)14-5-7-15(21)8-6-14/h2-8,11-12,23H,9-10H2,1H3. The average Bonchev–Trinajstić information content (AvgIpc) is 2.65. The average molecular weight is 422 g/mol. The molecule has 6 nitrogen and oxygen atoms in total. The van der Waals surface area contributed by atoms with Crippen molar-refractivity contribution in [1.29, 1.82) is 0 Å². The van der Waals surface area contributed by atoms with Gasteiger partial charge in [-0.05, 0) is 48.9 Å². The molecule has 3 rings (SSSR count). The predicted octanol–water partition coefficient (Wildman–Crippen LogP) is 2.99. The van der Waals surface area contributed by atoms with Gasteiger partial charge in [-0.25, -0.2) is 22.5 Å². The van der Waals surface area contributed by atoms with Crippen molar-refractivity contribution in [2.45, 2.75) is 18.4 Å². The molecule has 0 aliphatic heterocycles. The Morgan fingerprint density at radius 3 is 2.57 bits per heavy atom. The van der Waals surface area contributed by atoms with E-state index in [9.17, 15) is 17.6 Å². The van der Waals surface area contributed by atoms with Crippen LogP contribution in [0.15, 0.2) is 64.5 Å². The third-order valence-electron chi connectivity index (χ3n) is 4.17. The van der Waals surface area contributed by atoms with Crippen LogP contribution in [0.5, 0.6) is 0 Å². The maximum atomic E-state index is 13.0. The Morgan fingerprint density at radius 2 is 1.89 bits per heavy atom. The van der Waals surface area contributed by atoms with Gasteiger partial charge in [0.25, 0.3) is 5.56 Å². The zero-order valence-electron chi connectivity index (χ0n) is 14.9. The van der Waals surface area contributed by atoms with Crippen molar-refractivity contribution in [2.24, 2.45) is 0 Å². The van der Waals surface area contributed by atoms with Crippen LogP contribution in [0.25, 0.3) is 11.3 Å². The zero-order valence-corrected chi connectivity index (χ0v) is 16.5. The maximum absolute atomic E-state index is 13.0. The third-order valence-corrected chi connectivity index (χ3v) is 6.19. The van der Waals surface area contributed by atoms with Crippen LogP contribution in [-0.4, -0.2) is 24.5 Å². The molecular weight excluding hydrogens is 405 g/mol. The van der Waals surface area contributed by atoms with Crippen LogP contribution in [0.3, 0.4) is 0 Å². The molecule has 0 saturated carbocycles. The molecule has 0 unspecified atom stereocenters. The Morgan fingerprint density at radius 1 is 1.18 bits per heavy atom. The molecule has 0 radical (unpaired) electrons. The van der Waals surface area contributed by atoms with Crippen molar-refractivity contribution >= 4 is 21.6 Å². The lowest BCUT2D eigenvalue weighted by Crippen LogP contribution is -2.31. The predicted molar refractivity (Wildman–Crippen MR) is 105 cm³/mol. The molecule has 1 heterocycles. The molecule has 0 atom stereocenters. The van der Waals surface area contributed by atoms with E-state index in [1.54, 1.807) is 19.1 Å². The fraction of sp³-hybridized carbons (Fsp3) is 0.158. The second-order valence-electron chi connectivity index (χ2n) is 6.07. The normalized spacial score (nSPS) is 11.5. The highest BCUT2D eigenvalue weighted by Gasteiger charge is 2.17. The van der Waals surface area contributed by atoms with E-state index in [2.05, 4.69) is 9.71 Å². The summed E-state index contributed by atoms with van der Waals surface area (Å²) in [6.45, 7) is 1.74. The minimum absolute atomic E-state index is 0.00572. The van der Waals surface area contributed by atoms with Crippen molar-refractivity contribution < 1.29 is 12.8 Å². The van der Waals surface area contributed by atoms with Crippen molar-refractivity contribution in [3.8, 4) is 11.3 Å². The Hall–Kier alpha value is -2.55. The van der Waals surface area contributed by atoms with Crippen molar-refractivity contribution in [2.75, 3.05) is 6.54 Å². The van der Waals surface area contributed by atoms with Gasteiger partial charge < -0.3 is 0 Å². The Kier molecular flexibility index (Phi) is 5.93. The van der Waals surface area contributed by atoms with E-state index in [1.165, 1.54) is 47.3 Å². The highest BCUT2D eigenvalue weighted by molar-refractivity contribution is 7.89. The molecule has 0 spiro atoms. The number of aromatic nitrogens is 2. The van der Waals surface area contributed by atoms with Gasteiger partial charge in [-0.1, -0.05) is 17.7 Å².